The Morgan fingerprint density at radius 1 is 0.500 bits per heavy atom. The Bertz CT molecular complexity index is 2410. The molecule has 0 aromatic carbocycles. The first kappa shape index (κ1) is 86.4. The Hall–Kier alpha value is -6.88. The van der Waals surface area contributed by atoms with E-state index in [1.54, 1.807) is 79.9 Å². The van der Waals surface area contributed by atoms with Crippen LogP contribution in [0.2, 0.25) is 0 Å². The lowest BCUT2D eigenvalue weighted by molar-refractivity contribution is -0.149. The fourth-order valence-corrected chi connectivity index (χ4v) is 5.58. The fourth-order valence-electron chi connectivity index (χ4n) is 5.58. The summed E-state index contributed by atoms with van der Waals surface area (Å²) in [4.78, 5) is 57.2. The molecule has 18 nitrogen and oxygen atoms in total. The van der Waals surface area contributed by atoms with E-state index in [0.717, 1.165) is 5.57 Å². The minimum absolute atomic E-state index is 0.0118. The van der Waals surface area contributed by atoms with Gasteiger partial charge in [-0.05, 0) is 87.4 Å². The first-order valence-corrected chi connectivity index (χ1v) is 26.9. The van der Waals surface area contributed by atoms with Crippen molar-refractivity contribution in [2.24, 2.45) is 32.5 Å². The first-order chi connectivity index (χ1) is 36.8. The number of amides is 2. The predicted molar refractivity (Wildman–Crippen MR) is 324 cm³/mol. The van der Waals surface area contributed by atoms with E-state index in [4.69, 9.17) is 40.5 Å². The van der Waals surface area contributed by atoms with E-state index in [9.17, 15) is 34.2 Å². The van der Waals surface area contributed by atoms with Gasteiger partial charge in [-0.15, -0.1) is 0 Å². The summed E-state index contributed by atoms with van der Waals surface area (Å²) in [5.74, 6) is -2.26. The minimum Gasteiger partial charge on any atom is -0.466 e. The van der Waals surface area contributed by atoms with Gasteiger partial charge in [-0.2, -0.15) is 26.3 Å². The van der Waals surface area contributed by atoms with Gasteiger partial charge < -0.3 is 39.8 Å². The molecule has 0 aliphatic rings. The van der Waals surface area contributed by atoms with Gasteiger partial charge >= 0.3 is 17.9 Å². The van der Waals surface area contributed by atoms with Crippen LogP contribution in [-0.4, -0.2) is 97.8 Å². The van der Waals surface area contributed by atoms with Crippen molar-refractivity contribution < 1.29 is 53.1 Å². The second-order valence-corrected chi connectivity index (χ2v) is 26.7. The van der Waals surface area contributed by atoms with Crippen LogP contribution >= 0.6 is 0 Å². The van der Waals surface area contributed by atoms with Crippen LogP contribution in [0.15, 0.2) is 69.9 Å². The standard InChI is InChI=1S/C13H22N2O3.C12H19NO2.C11H18N2O2.C11H17NO2.C9H16O2.C8H13N/c1-5-13(8-16,9-17)15-11(18)10(7-14)6-12(2,3)4;1-11(2,3)7-9(8-13)10(14)15-12(4,5)6;1-11(2,3)7-9(8-12)10(14)13-5-6-15-4;1-8(2)14-10(13)9(7-12)6-11(3,4)5;1-7(8(10)11-5)6-9(2,3)4;1-7(6-9)5-8(2,3)4/h6,16-17H,5,8-9H2,1-4H3,(H,15,18);7H,1-6H3;7H,5-6H2,1-4H3,(H,13,14);6,8H,1-5H3;6H,1-5H3;5H,1-4H3/b10-6+;2*9-7+;9-6+;7-6+;7-5+. The minimum atomic E-state index is -1.08. The molecular weight excluding hydrogens is 1040 g/mol. The number of carbonyl (C=O) groups is 5. The molecule has 462 valence electrons. The largest absolute Gasteiger partial charge is 0.466 e. The maximum Gasteiger partial charge on any atom is 0.349 e. The van der Waals surface area contributed by atoms with Crippen LogP contribution in [-0.2, 0) is 42.9 Å². The van der Waals surface area contributed by atoms with Crippen LogP contribution in [0, 0.1) is 89.1 Å². The highest BCUT2D eigenvalue weighted by Crippen LogP contribution is 2.23. The molecule has 0 saturated carbocycles. The number of nitrogens with one attached hydrogen (secondary N) is 2. The van der Waals surface area contributed by atoms with Gasteiger partial charge in [0, 0.05) is 24.8 Å². The summed E-state index contributed by atoms with van der Waals surface area (Å²) in [5.41, 5.74) is -0.594. The molecule has 0 saturated heterocycles. The highest BCUT2D eigenvalue weighted by Gasteiger charge is 2.30. The molecule has 0 atom stereocenters. The summed E-state index contributed by atoms with van der Waals surface area (Å²) in [7, 11) is 2.95. The van der Waals surface area contributed by atoms with Crippen molar-refractivity contribution in [3.63, 3.8) is 0 Å². The molecule has 0 rings (SSSR count). The molecule has 0 aliphatic heterocycles. The summed E-state index contributed by atoms with van der Waals surface area (Å²) < 4.78 is 19.4. The number of carbonyl (C=O) groups excluding carboxylic acids is 5. The fraction of sp³-hybridized carbons (Fsp3) is 0.656. The van der Waals surface area contributed by atoms with Gasteiger partial charge in [0.2, 0.25) is 0 Å². The number of methoxy groups -OCH3 is 2. The summed E-state index contributed by atoms with van der Waals surface area (Å²) in [5, 5.41) is 67.3. The van der Waals surface area contributed by atoms with Crippen molar-refractivity contribution in [2.45, 2.75) is 204 Å². The average Bonchev–Trinajstić information content (AvgIpc) is 3.30. The summed E-state index contributed by atoms with van der Waals surface area (Å²) in [6.07, 6.45) is 10.5. The summed E-state index contributed by atoms with van der Waals surface area (Å²) in [6.45, 7) is 49.6. The second kappa shape index (κ2) is 40.3. The summed E-state index contributed by atoms with van der Waals surface area (Å²) in [6, 6.07) is 9.53. The topological polar surface area (TPSA) is 306 Å². The van der Waals surface area contributed by atoms with Gasteiger partial charge in [0.05, 0.1) is 44.6 Å². The average molecular weight is 1150 g/mol. The number of nitrogens with zero attached hydrogens (tertiary/aromatic N) is 5. The highest BCUT2D eigenvalue weighted by atomic mass is 16.6. The van der Waals surface area contributed by atoms with Gasteiger partial charge in [-0.1, -0.05) is 168 Å². The molecule has 0 bridgehead atoms. The zero-order chi connectivity index (χ0) is 66.5. The molecule has 0 aromatic rings. The zero-order valence-electron chi connectivity index (χ0n) is 55.4. The lowest BCUT2D eigenvalue weighted by Gasteiger charge is -2.29. The van der Waals surface area contributed by atoms with E-state index in [1.165, 1.54) is 7.11 Å². The number of hydrogen-bond acceptors (Lipinski definition) is 16. The van der Waals surface area contributed by atoms with Crippen LogP contribution in [0.1, 0.15) is 186 Å². The van der Waals surface area contributed by atoms with Crippen LogP contribution < -0.4 is 10.6 Å². The van der Waals surface area contributed by atoms with E-state index in [0.29, 0.717) is 25.1 Å². The van der Waals surface area contributed by atoms with E-state index in [1.807, 2.05) is 147 Å². The molecule has 0 aliphatic carbocycles. The van der Waals surface area contributed by atoms with Crippen LogP contribution in [0.5, 0.6) is 0 Å². The molecule has 0 aromatic heterocycles. The van der Waals surface area contributed by atoms with Crippen molar-refractivity contribution >= 4 is 29.7 Å². The lowest BCUT2D eigenvalue weighted by atomic mass is 9.92. The van der Waals surface area contributed by atoms with Crippen molar-refractivity contribution in [1.29, 1.82) is 26.3 Å². The maximum atomic E-state index is 11.9. The smallest absolute Gasteiger partial charge is 0.349 e. The molecular formula is C64H105N7O11. The van der Waals surface area contributed by atoms with Gasteiger partial charge in [0.1, 0.15) is 52.2 Å². The molecule has 0 spiro atoms. The number of esters is 3. The van der Waals surface area contributed by atoms with E-state index < -0.39 is 29.0 Å². The maximum absolute atomic E-state index is 11.9. The van der Waals surface area contributed by atoms with Crippen molar-refractivity contribution in [2.75, 3.05) is 40.6 Å². The molecule has 82 heavy (non-hydrogen) atoms. The van der Waals surface area contributed by atoms with Crippen molar-refractivity contribution in [3.05, 3.63) is 69.9 Å². The van der Waals surface area contributed by atoms with Crippen molar-refractivity contribution in [3.8, 4) is 30.3 Å². The zero-order valence-corrected chi connectivity index (χ0v) is 55.4. The number of hydrogen-bond donors (Lipinski definition) is 4. The highest BCUT2D eigenvalue weighted by molar-refractivity contribution is 5.98. The van der Waals surface area contributed by atoms with Gasteiger partial charge in [-0.25, -0.2) is 14.4 Å². The molecule has 18 heteroatoms. The van der Waals surface area contributed by atoms with E-state index in [-0.39, 0.29) is 86.0 Å². The number of aliphatic hydroxyl groups excluding tert-OH is 2. The third-order valence-corrected chi connectivity index (χ3v) is 8.70. The van der Waals surface area contributed by atoms with E-state index in [2.05, 4.69) is 42.2 Å². The Labute approximate surface area is 495 Å². The normalized spacial score (nSPS) is 12.8. The second-order valence-electron chi connectivity index (χ2n) is 26.7. The Morgan fingerprint density at radius 3 is 1.10 bits per heavy atom. The number of ether oxygens (including phenoxy) is 4. The molecule has 0 unspecified atom stereocenters. The third-order valence-electron chi connectivity index (χ3n) is 8.70. The Balaban J connectivity index is -0.000000214. The van der Waals surface area contributed by atoms with Gasteiger partial charge in [-0.3, -0.25) is 9.59 Å². The molecule has 4 N–H and O–H groups in total. The SMILES string of the molecule is C/C(C#N)=C\C(C)(C)C.CC(C)(C)/C=C(\C#N)C(=O)OC(C)(C)C.CC(C)OC(=O)/C(C#N)=C/C(C)(C)C.CCC(CO)(CO)NC(=O)/C(C#N)=C/C(C)(C)C.COC(=O)/C(C)=C/C(C)(C)C.COCCNC(=O)/C(C#N)=C/C(C)(C)C. The number of rotatable bonds is 13. The molecule has 0 fully saturated rings. The molecule has 2 amide bonds. The predicted octanol–water partition coefficient (Wildman–Crippen LogP) is 11.9. The molecule has 0 radical (unpaired) electrons. The number of allylic oxidation sites excluding steroid dienone is 7. The summed E-state index contributed by atoms with van der Waals surface area (Å²) >= 11 is 0. The van der Waals surface area contributed by atoms with Crippen LogP contribution in [0.4, 0.5) is 0 Å². The number of nitriles is 5. The Morgan fingerprint density at radius 2 is 0.841 bits per heavy atom. The first-order valence-electron chi connectivity index (χ1n) is 26.9. The van der Waals surface area contributed by atoms with Crippen molar-refractivity contribution in [1.82, 2.24) is 10.6 Å². The quantitative estimate of drug-likeness (QED) is 0.0438. The van der Waals surface area contributed by atoms with Gasteiger partial charge in [0.25, 0.3) is 11.8 Å². The van der Waals surface area contributed by atoms with Crippen LogP contribution in [0.25, 0.3) is 0 Å². The monoisotopic (exact) mass is 1150 g/mol. The lowest BCUT2D eigenvalue weighted by Crippen LogP contribution is -2.54. The molecule has 0 heterocycles. The number of aliphatic hydroxyl groups is 2. The van der Waals surface area contributed by atoms with E-state index >= 15 is 0 Å². The third kappa shape index (κ3) is 55.0. The van der Waals surface area contributed by atoms with Gasteiger partial charge in [0.15, 0.2) is 0 Å². The van der Waals surface area contributed by atoms with Crippen LogP contribution in [0.3, 0.4) is 0 Å². The Kier molecular flexibility index (Phi) is 42.5.